The Morgan fingerprint density at radius 3 is 2.62 bits per heavy atom. The Hall–Kier alpha value is -0.280. The van der Waals surface area contributed by atoms with E-state index in [1.807, 2.05) is 18.2 Å². The molecule has 1 heterocycles. The number of benzene rings is 1. The highest BCUT2D eigenvalue weighted by Crippen LogP contribution is 2.27. The smallest absolute Gasteiger partial charge is 0.0468 e. The number of hydrogen-bond acceptors (Lipinski definition) is 2. The van der Waals surface area contributed by atoms with Gasteiger partial charge in [0.15, 0.2) is 0 Å². The number of hydrogen-bond donors (Lipinski definition) is 1. The molecule has 1 unspecified atom stereocenters. The highest BCUT2D eigenvalue weighted by atomic mass is 35.5. The first kappa shape index (κ1) is 17.1. The Bertz CT molecular complexity index is 442. The van der Waals surface area contributed by atoms with Gasteiger partial charge in [-0.2, -0.15) is 0 Å². The zero-order valence-corrected chi connectivity index (χ0v) is 14.6. The van der Waals surface area contributed by atoms with Crippen molar-refractivity contribution in [3.05, 3.63) is 33.8 Å². The van der Waals surface area contributed by atoms with Crippen molar-refractivity contribution in [1.29, 1.82) is 0 Å². The summed E-state index contributed by atoms with van der Waals surface area (Å²) in [5.41, 5.74) is 1.15. The van der Waals surface area contributed by atoms with Gasteiger partial charge in [-0.25, -0.2) is 0 Å². The standard InChI is InChI=1S/C17H26Cl2N2/c1-3-17(15-5-4-14(18)12-16(15)19)20-8-11-21-9-6-13(2)7-10-21/h4-5,12-13,17,20H,3,6-11H2,1-2H3. The van der Waals surface area contributed by atoms with Crippen molar-refractivity contribution in [2.24, 2.45) is 5.92 Å². The van der Waals surface area contributed by atoms with E-state index in [9.17, 15) is 0 Å². The topological polar surface area (TPSA) is 15.3 Å². The number of rotatable bonds is 6. The van der Waals surface area contributed by atoms with Gasteiger partial charge in [-0.1, -0.05) is 43.1 Å². The van der Waals surface area contributed by atoms with Gasteiger partial charge in [0, 0.05) is 29.2 Å². The Kier molecular flexibility index (Phi) is 6.81. The quantitative estimate of drug-likeness (QED) is 0.809. The molecule has 1 N–H and O–H groups in total. The van der Waals surface area contributed by atoms with E-state index >= 15 is 0 Å². The second-order valence-electron chi connectivity index (χ2n) is 6.10. The maximum atomic E-state index is 6.31. The Morgan fingerprint density at radius 2 is 2.00 bits per heavy atom. The van der Waals surface area contributed by atoms with Gasteiger partial charge in [0.05, 0.1) is 0 Å². The second-order valence-corrected chi connectivity index (χ2v) is 6.95. The molecular weight excluding hydrogens is 303 g/mol. The zero-order chi connectivity index (χ0) is 15.2. The third-order valence-electron chi connectivity index (χ3n) is 4.44. The average Bonchev–Trinajstić information content (AvgIpc) is 2.46. The van der Waals surface area contributed by atoms with Gasteiger partial charge in [0.1, 0.15) is 0 Å². The molecule has 1 atom stereocenters. The summed E-state index contributed by atoms with van der Waals surface area (Å²) in [7, 11) is 0. The van der Waals surface area contributed by atoms with E-state index in [1.165, 1.54) is 25.9 Å². The van der Waals surface area contributed by atoms with E-state index in [4.69, 9.17) is 23.2 Å². The van der Waals surface area contributed by atoms with Crippen molar-refractivity contribution in [2.75, 3.05) is 26.2 Å². The predicted octanol–water partition coefficient (Wildman–Crippen LogP) is 4.77. The number of nitrogens with zero attached hydrogens (tertiary/aromatic N) is 1. The van der Waals surface area contributed by atoms with Crippen LogP contribution in [-0.4, -0.2) is 31.1 Å². The lowest BCUT2D eigenvalue weighted by Crippen LogP contribution is -2.38. The largest absolute Gasteiger partial charge is 0.309 e. The summed E-state index contributed by atoms with van der Waals surface area (Å²) in [5, 5.41) is 5.09. The van der Waals surface area contributed by atoms with E-state index in [0.29, 0.717) is 11.1 Å². The molecule has 1 aliphatic rings. The van der Waals surface area contributed by atoms with Crippen molar-refractivity contribution >= 4 is 23.2 Å². The number of piperidine rings is 1. The first-order valence-corrected chi connectivity index (χ1v) is 8.76. The molecule has 1 saturated heterocycles. The lowest BCUT2D eigenvalue weighted by molar-refractivity contribution is 0.191. The lowest BCUT2D eigenvalue weighted by Gasteiger charge is -2.30. The summed E-state index contributed by atoms with van der Waals surface area (Å²) in [6.45, 7) is 9.14. The van der Waals surface area contributed by atoms with Crippen molar-refractivity contribution in [1.82, 2.24) is 10.2 Å². The maximum Gasteiger partial charge on any atom is 0.0468 e. The fourth-order valence-corrected chi connectivity index (χ4v) is 3.48. The molecule has 2 nitrogen and oxygen atoms in total. The number of nitrogens with one attached hydrogen (secondary N) is 1. The highest BCUT2D eigenvalue weighted by Gasteiger charge is 2.16. The normalized spacial score (nSPS) is 18.9. The molecule has 0 saturated carbocycles. The van der Waals surface area contributed by atoms with Gasteiger partial charge < -0.3 is 10.2 Å². The van der Waals surface area contributed by atoms with Crippen molar-refractivity contribution in [3.63, 3.8) is 0 Å². The van der Waals surface area contributed by atoms with Crippen LogP contribution in [0.1, 0.15) is 44.7 Å². The van der Waals surface area contributed by atoms with Crippen LogP contribution in [0.4, 0.5) is 0 Å². The third kappa shape index (κ3) is 5.14. The zero-order valence-electron chi connectivity index (χ0n) is 13.0. The molecule has 0 spiro atoms. The summed E-state index contributed by atoms with van der Waals surface area (Å²) >= 11 is 12.3. The summed E-state index contributed by atoms with van der Waals surface area (Å²) in [4.78, 5) is 2.56. The lowest BCUT2D eigenvalue weighted by atomic mass is 9.99. The van der Waals surface area contributed by atoms with Crippen LogP contribution in [0.25, 0.3) is 0 Å². The molecule has 1 aliphatic heterocycles. The molecule has 1 aromatic carbocycles. The van der Waals surface area contributed by atoms with Crippen molar-refractivity contribution in [2.45, 2.75) is 39.2 Å². The number of halogens is 2. The van der Waals surface area contributed by atoms with E-state index in [1.54, 1.807) is 0 Å². The van der Waals surface area contributed by atoms with Crippen LogP contribution < -0.4 is 5.32 Å². The van der Waals surface area contributed by atoms with Crippen LogP contribution in [0, 0.1) is 5.92 Å². The van der Waals surface area contributed by atoms with Crippen LogP contribution >= 0.6 is 23.2 Å². The van der Waals surface area contributed by atoms with E-state index < -0.39 is 0 Å². The van der Waals surface area contributed by atoms with Crippen LogP contribution in [0.5, 0.6) is 0 Å². The Balaban J connectivity index is 1.82. The van der Waals surface area contributed by atoms with Gasteiger partial charge in [-0.05, 0) is 56.0 Å². The first-order valence-electron chi connectivity index (χ1n) is 8.00. The predicted molar refractivity (Wildman–Crippen MR) is 92.3 cm³/mol. The molecule has 21 heavy (non-hydrogen) atoms. The number of likely N-dealkylation sites (tertiary alicyclic amines) is 1. The minimum atomic E-state index is 0.304. The second kappa shape index (κ2) is 8.38. The summed E-state index contributed by atoms with van der Waals surface area (Å²) < 4.78 is 0. The summed E-state index contributed by atoms with van der Waals surface area (Å²) in [5.74, 6) is 0.894. The molecule has 0 radical (unpaired) electrons. The molecule has 1 aromatic rings. The molecule has 1 fully saturated rings. The molecular formula is C17H26Cl2N2. The Labute approximate surface area is 138 Å². The Morgan fingerprint density at radius 1 is 1.29 bits per heavy atom. The van der Waals surface area contributed by atoms with Gasteiger partial charge in [-0.15, -0.1) is 0 Å². The van der Waals surface area contributed by atoms with Crippen LogP contribution in [0.2, 0.25) is 10.0 Å². The molecule has 0 aromatic heterocycles. The average molecular weight is 329 g/mol. The van der Waals surface area contributed by atoms with Gasteiger partial charge in [0.25, 0.3) is 0 Å². The van der Waals surface area contributed by atoms with Crippen LogP contribution in [0.3, 0.4) is 0 Å². The van der Waals surface area contributed by atoms with Crippen LogP contribution in [-0.2, 0) is 0 Å². The van der Waals surface area contributed by atoms with Gasteiger partial charge in [0.2, 0.25) is 0 Å². The van der Waals surface area contributed by atoms with Gasteiger partial charge >= 0.3 is 0 Å². The summed E-state index contributed by atoms with van der Waals surface area (Å²) in [6, 6.07) is 6.08. The minimum Gasteiger partial charge on any atom is -0.309 e. The highest BCUT2D eigenvalue weighted by molar-refractivity contribution is 6.35. The molecule has 118 valence electrons. The van der Waals surface area contributed by atoms with Gasteiger partial charge in [-0.3, -0.25) is 0 Å². The fraction of sp³-hybridized carbons (Fsp3) is 0.647. The maximum absolute atomic E-state index is 6.31. The minimum absolute atomic E-state index is 0.304. The molecule has 0 bridgehead atoms. The molecule has 2 rings (SSSR count). The molecule has 0 aliphatic carbocycles. The van der Waals surface area contributed by atoms with E-state index in [2.05, 4.69) is 24.1 Å². The molecule has 4 heteroatoms. The fourth-order valence-electron chi connectivity index (χ4n) is 2.94. The van der Waals surface area contributed by atoms with E-state index in [0.717, 1.165) is 36.0 Å². The van der Waals surface area contributed by atoms with Crippen molar-refractivity contribution < 1.29 is 0 Å². The first-order chi connectivity index (χ1) is 10.1. The third-order valence-corrected chi connectivity index (χ3v) is 5.00. The summed E-state index contributed by atoms with van der Waals surface area (Å²) in [6.07, 6.45) is 3.69. The monoisotopic (exact) mass is 328 g/mol. The molecule has 0 amide bonds. The van der Waals surface area contributed by atoms with Crippen LogP contribution in [0.15, 0.2) is 18.2 Å². The van der Waals surface area contributed by atoms with E-state index in [-0.39, 0.29) is 0 Å². The SMILES string of the molecule is CCC(NCCN1CCC(C)CC1)c1ccc(Cl)cc1Cl. The van der Waals surface area contributed by atoms with Crippen molar-refractivity contribution in [3.8, 4) is 0 Å².